The van der Waals surface area contributed by atoms with Crippen LogP contribution in [0.15, 0.2) is 24.3 Å². The zero-order valence-corrected chi connectivity index (χ0v) is 18.3. The molecule has 4 rings (SSSR count). The second-order valence-electron chi connectivity index (χ2n) is 8.59. The lowest BCUT2D eigenvalue weighted by Gasteiger charge is -2.39. The number of carbonyl (C=O) groups is 3. The summed E-state index contributed by atoms with van der Waals surface area (Å²) in [7, 11) is 1.58. The Bertz CT molecular complexity index is 808. The molecule has 8 nitrogen and oxygen atoms in total. The van der Waals surface area contributed by atoms with E-state index in [0.717, 1.165) is 38.8 Å². The van der Waals surface area contributed by atoms with E-state index in [1.165, 1.54) is 0 Å². The zero-order valence-electron chi connectivity index (χ0n) is 18.3. The van der Waals surface area contributed by atoms with Crippen LogP contribution < -0.4 is 4.74 Å². The number of piperazine rings is 1. The van der Waals surface area contributed by atoms with Gasteiger partial charge in [0.25, 0.3) is 5.91 Å². The molecule has 31 heavy (non-hydrogen) atoms. The van der Waals surface area contributed by atoms with Gasteiger partial charge in [-0.05, 0) is 43.9 Å². The molecule has 0 atom stereocenters. The summed E-state index contributed by atoms with van der Waals surface area (Å²) in [4.78, 5) is 45.9. The molecular formula is C23H32N4O4. The third-order valence-electron chi connectivity index (χ3n) is 6.69. The van der Waals surface area contributed by atoms with Crippen LogP contribution in [-0.4, -0.2) is 96.9 Å². The topological polar surface area (TPSA) is 73.4 Å². The minimum atomic E-state index is -0.0280. The Morgan fingerprint density at radius 1 is 0.806 bits per heavy atom. The van der Waals surface area contributed by atoms with Crippen LogP contribution >= 0.6 is 0 Å². The quantitative estimate of drug-likeness (QED) is 0.737. The molecule has 0 saturated carbocycles. The summed E-state index contributed by atoms with van der Waals surface area (Å²) in [6, 6.07) is 7.30. The first-order valence-corrected chi connectivity index (χ1v) is 11.3. The predicted octanol–water partition coefficient (Wildman–Crippen LogP) is 1.91. The molecule has 0 spiro atoms. The van der Waals surface area contributed by atoms with E-state index in [4.69, 9.17) is 4.74 Å². The van der Waals surface area contributed by atoms with Gasteiger partial charge in [-0.25, -0.2) is 4.79 Å². The fourth-order valence-corrected chi connectivity index (χ4v) is 4.75. The first-order chi connectivity index (χ1) is 15.1. The van der Waals surface area contributed by atoms with Crippen LogP contribution in [0.1, 0.15) is 36.0 Å². The van der Waals surface area contributed by atoms with Gasteiger partial charge in [-0.15, -0.1) is 0 Å². The molecule has 3 fully saturated rings. The average Bonchev–Trinajstić information content (AvgIpc) is 3.38. The highest BCUT2D eigenvalue weighted by atomic mass is 16.5. The van der Waals surface area contributed by atoms with Gasteiger partial charge in [0, 0.05) is 63.8 Å². The molecule has 3 heterocycles. The number of hydrogen-bond acceptors (Lipinski definition) is 4. The van der Waals surface area contributed by atoms with Gasteiger partial charge in [0.05, 0.1) is 7.11 Å². The molecular weight excluding hydrogens is 396 g/mol. The van der Waals surface area contributed by atoms with E-state index >= 15 is 0 Å². The van der Waals surface area contributed by atoms with Crippen molar-refractivity contribution >= 4 is 17.8 Å². The maximum Gasteiger partial charge on any atom is 0.319 e. The minimum absolute atomic E-state index is 0.0248. The maximum atomic E-state index is 13.0. The number of piperidine rings is 1. The molecule has 3 aliphatic rings. The van der Waals surface area contributed by atoms with Gasteiger partial charge in [-0.1, -0.05) is 6.07 Å². The Hall–Kier alpha value is -2.77. The molecule has 3 saturated heterocycles. The molecule has 8 heteroatoms. The molecule has 168 valence electrons. The van der Waals surface area contributed by atoms with Crippen molar-refractivity contribution in [3.05, 3.63) is 29.8 Å². The summed E-state index contributed by atoms with van der Waals surface area (Å²) in [5.41, 5.74) is 0.606. The molecule has 0 unspecified atom stereocenters. The Kier molecular flexibility index (Phi) is 6.63. The minimum Gasteiger partial charge on any atom is -0.497 e. The lowest BCUT2D eigenvalue weighted by atomic mass is 9.95. The number of hydrogen-bond donors (Lipinski definition) is 0. The van der Waals surface area contributed by atoms with Crippen LogP contribution in [0.4, 0.5) is 4.79 Å². The number of methoxy groups -OCH3 is 1. The first kappa shape index (κ1) is 21.5. The highest BCUT2D eigenvalue weighted by molar-refractivity contribution is 5.94. The van der Waals surface area contributed by atoms with E-state index in [9.17, 15) is 14.4 Å². The molecule has 0 radical (unpaired) electrons. The second kappa shape index (κ2) is 9.58. The molecule has 4 amide bonds. The van der Waals surface area contributed by atoms with Gasteiger partial charge in [0.2, 0.25) is 5.91 Å². The third kappa shape index (κ3) is 4.78. The first-order valence-electron chi connectivity index (χ1n) is 11.3. The average molecular weight is 429 g/mol. The van der Waals surface area contributed by atoms with E-state index in [1.54, 1.807) is 24.1 Å². The van der Waals surface area contributed by atoms with Crippen molar-refractivity contribution in [3.63, 3.8) is 0 Å². The number of benzene rings is 1. The van der Waals surface area contributed by atoms with Crippen molar-refractivity contribution < 1.29 is 19.1 Å². The van der Waals surface area contributed by atoms with E-state index < -0.39 is 0 Å². The molecule has 3 aliphatic heterocycles. The second-order valence-corrected chi connectivity index (χ2v) is 8.59. The van der Waals surface area contributed by atoms with Crippen molar-refractivity contribution in [1.82, 2.24) is 19.6 Å². The Labute approximate surface area is 183 Å². The van der Waals surface area contributed by atoms with Crippen LogP contribution in [0, 0.1) is 5.92 Å². The van der Waals surface area contributed by atoms with Crippen molar-refractivity contribution in [2.45, 2.75) is 25.7 Å². The summed E-state index contributed by atoms with van der Waals surface area (Å²) >= 11 is 0. The van der Waals surface area contributed by atoms with Crippen molar-refractivity contribution in [2.75, 3.05) is 59.5 Å². The molecule has 0 N–H and O–H groups in total. The van der Waals surface area contributed by atoms with Gasteiger partial charge in [-0.2, -0.15) is 0 Å². The highest BCUT2D eigenvalue weighted by Crippen LogP contribution is 2.23. The van der Waals surface area contributed by atoms with Crippen molar-refractivity contribution in [2.24, 2.45) is 5.92 Å². The normalized spacial score (nSPS) is 20.2. The van der Waals surface area contributed by atoms with Gasteiger partial charge in [0.15, 0.2) is 0 Å². The van der Waals surface area contributed by atoms with Gasteiger partial charge in [0.1, 0.15) is 5.75 Å². The SMILES string of the molecule is COc1cccc(C(=O)N2CCN(C(=O)C3CCN(C(=O)N4CCCC4)CC3)CC2)c1. The fourth-order valence-electron chi connectivity index (χ4n) is 4.75. The van der Waals surface area contributed by atoms with E-state index in [2.05, 4.69) is 0 Å². The van der Waals surface area contributed by atoms with Gasteiger partial charge < -0.3 is 24.3 Å². The zero-order chi connectivity index (χ0) is 21.8. The number of amides is 4. The molecule has 1 aromatic carbocycles. The monoisotopic (exact) mass is 428 g/mol. The van der Waals surface area contributed by atoms with Crippen LogP contribution in [0.5, 0.6) is 5.75 Å². The van der Waals surface area contributed by atoms with Gasteiger partial charge in [-0.3, -0.25) is 9.59 Å². The fraction of sp³-hybridized carbons (Fsp3) is 0.609. The summed E-state index contributed by atoms with van der Waals surface area (Å²) in [6.07, 6.45) is 3.63. The maximum absolute atomic E-state index is 13.0. The summed E-state index contributed by atoms with van der Waals surface area (Å²) in [5, 5.41) is 0. The molecule has 0 aliphatic carbocycles. The van der Waals surface area contributed by atoms with Gasteiger partial charge >= 0.3 is 6.03 Å². The van der Waals surface area contributed by atoms with Crippen LogP contribution in [0.2, 0.25) is 0 Å². The number of nitrogens with zero attached hydrogens (tertiary/aromatic N) is 4. The predicted molar refractivity (Wildman–Crippen MR) is 116 cm³/mol. The smallest absolute Gasteiger partial charge is 0.319 e. The van der Waals surface area contributed by atoms with E-state index in [1.807, 2.05) is 26.8 Å². The number of ether oxygens (including phenoxy) is 1. The number of urea groups is 1. The van der Waals surface area contributed by atoms with Crippen LogP contribution in [0.25, 0.3) is 0 Å². The van der Waals surface area contributed by atoms with Crippen molar-refractivity contribution in [1.29, 1.82) is 0 Å². The molecule has 1 aromatic rings. The largest absolute Gasteiger partial charge is 0.497 e. The van der Waals surface area contributed by atoms with E-state index in [0.29, 0.717) is 50.6 Å². The third-order valence-corrected chi connectivity index (χ3v) is 6.69. The Morgan fingerprint density at radius 3 is 2.06 bits per heavy atom. The van der Waals surface area contributed by atoms with Crippen LogP contribution in [-0.2, 0) is 4.79 Å². The Morgan fingerprint density at radius 2 is 1.42 bits per heavy atom. The summed E-state index contributed by atoms with van der Waals surface area (Å²) < 4.78 is 5.21. The number of likely N-dealkylation sites (tertiary alicyclic amines) is 2. The Balaban J connectivity index is 1.25. The molecule has 0 aromatic heterocycles. The highest BCUT2D eigenvalue weighted by Gasteiger charge is 2.34. The lowest BCUT2D eigenvalue weighted by Crippen LogP contribution is -2.53. The number of rotatable bonds is 3. The molecule has 0 bridgehead atoms. The number of carbonyl (C=O) groups excluding carboxylic acids is 3. The van der Waals surface area contributed by atoms with Crippen LogP contribution in [0.3, 0.4) is 0 Å². The summed E-state index contributed by atoms with van der Waals surface area (Å²) in [6.45, 7) is 5.21. The van der Waals surface area contributed by atoms with E-state index in [-0.39, 0.29) is 23.8 Å². The van der Waals surface area contributed by atoms with Crippen molar-refractivity contribution in [3.8, 4) is 5.75 Å². The standard InChI is InChI=1S/C23H32N4O4/c1-31-20-6-4-5-19(17-20)22(29)25-15-13-24(14-16-25)21(28)18-7-11-27(12-8-18)23(30)26-9-2-3-10-26/h4-6,17-18H,2-3,7-16H2,1H3. The lowest BCUT2D eigenvalue weighted by molar-refractivity contribution is -0.138. The summed E-state index contributed by atoms with van der Waals surface area (Å²) in [5.74, 6) is 0.777.